The smallest absolute Gasteiger partial charge is 0.165 e. The van der Waals surface area contributed by atoms with Gasteiger partial charge < -0.3 is 14.7 Å². The Labute approximate surface area is 178 Å². The monoisotopic (exact) mass is 502 g/mol. The molecule has 0 radical (unpaired) electrons. The second-order valence-electron chi connectivity index (χ2n) is 6.36. The Morgan fingerprint density at radius 1 is 1.07 bits per heavy atom. The summed E-state index contributed by atoms with van der Waals surface area (Å²) in [5.41, 5.74) is 2.99. The maximum atomic E-state index is 10.8. The molecule has 6 nitrogen and oxygen atoms in total. The molecule has 2 aromatic heterocycles. The fourth-order valence-electron chi connectivity index (χ4n) is 3.34. The van der Waals surface area contributed by atoms with E-state index in [-0.39, 0.29) is 0 Å². The van der Waals surface area contributed by atoms with Crippen LogP contribution in [0.5, 0.6) is 0 Å². The maximum absolute atomic E-state index is 10.8. The van der Waals surface area contributed by atoms with Crippen LogP contribution in [0.1, 0.15) is 0 Å². The number of fused-ring (bicyclic) bond motifs is 3. The van der Waals surface area contributed by atoms with Crippen molar-refractivity contribution in [3.05, 3.63) is 74.8 Å². The highest BCUT2D eigenvalue weighted by atomic mass is 79.9. The third-order valence-corrected chi connectivity index (χ3v) is 5.55. The van der Waals surface area contributed by atoms with Gasteiger partial charge in [-0.05, 0) is 48.5 Å². The number of nitrogens with zero attached hydrogens (tertiary/aromatic N) is 3. The molecule has 28 heavy (non-hydrogen) atoms. The number of anilines is 1. The van der Waals surface area contributed by atoms with Crippen molar-refractivity contribution >= 4 is 59.4 Å². The van der Waals surface area contributed by atoms with E-state index in [9.17, 15) is 4.91 Å². The first kappa shape index (κ1) is 18.9. The highest BCUT2D eigenvalue weighted by molar-refractivity contribution is 9.10. The summed E-state index contributed by atoms with van der Waals surface area (Å²) in [6, 6.07) is 16.1. The Hall–Kier alpha value is -2.45. The molecule has 8 heteroatoms. The number of pyridine rings is 1. The molecule has 0 amide bonds. The quantitative estimate of drug-likeness (QED) is 0.252. The number of benzene rings is 2. The molecule has 0 fully saturated rings. The van der Waals surface area contributed by atoms with E-state index in [0.717, 1.165) is 36.4 Å². The summed E-state index contributed by atoms with van der Waals surface area (Å²) in [5, 5.41) is 8.18. The largest absolute Gasteiger partial charge is 0.380 e. The first-order chi connectivity index (χ1) is 13.7. The molecule has 0 spiro atoms. The van der Waals surface area contributed by atoms with E-state index in [1.54, 1.807) is 12.4 Å². The van der Waals surface area contributed by atoms with Gasteiger partial charge in [0.05, 0.1) is 18.8 Å². The molecule has 0 aliphatic rings. The predicted octanol–water partition coefficient (Wildman–Crippen LogP) is 5.89. The summed E-state index contributed by atoms with van der Waals surface area (Å²) in [6.07, 6.45) is 2.99. The molecular weight excluding hydrogens is 488 g/mol. The SMILES string of the molecule is O=NOC(CNc1cccnc1)Cn1c2ccc(Br)cc2c2cc(Br)ccc21. The summed E-state index contributed by atoms with van der Waals surface area (Å²) in [4.78, 5) is 20.0. The number of aromatic nitrogens is 2. The van der Waals surface area contributed by atoms with Crippen molar-refractivity contribution < 1.29 is 4.84 Å². The average molecular weight is 504 g/mol. The minimum absolute atomic E-state index is 0.422. The van der Waals surface area contributed by atoms with E-state index in [1.165, 1.54) is 0 Å². The zero-order chi connectivity index (χ0) is 19.5. The molecule has 0 aliphatic heterocycles. The number of hydrogen-bond donors (Lipinski definition) is 1. The Morgan fingerprint density at radius 2 is 1.75 bits per heavy atom. The second kappa shape index (κ2) is 8.28. The lowest BCUT2D eigenvalue weighted by Gasteiger charge is -2.17. The minimum Gasteiger partial charge on any atom is -0.380 e. The fraction of sp³-hybridized carbons (Fsp3) is 0.150. The van der Waals surface area contributed by atoms with Gasteiger partial charge in [-0.15, -0.1) is 4.91 Å². The lowest BCUT2D eigenvalue weighted by Crippen LogP contribution is -2.26. The number of nitrogens with one attached hydrogen (secondary N) is 1. The van der Waals surface area contributed by atoms with Crippen molar-refractivity contribution in [1.29, 1.82) is 0 Å². The average Bonchev–Trinajstić information content (AvgIpc) is 2.99. The third-order valence-electron chi connectivity index (χ3n) is 4.56. The first-order valence-corrected chi connectivity index (χ1v) is 10.2. The highest BCUT2D eigenvalue weighted by Gasteiger charge is 2.17. The van der Waals surface area contributed by atoms with Gasteiger partial charge in [0.2, 0.25) is 0 Å². The van der Waals surface area contributed by atoms with Crippen molar-refractivity contribution in [2.45, 2.75) is 12.6 Å². The van der Waals surface area contributed by atoms with E-state index in [0.29, 0.717) is 13.1 Å². The first-order valence-electron chi connectivity index (χ1n) is 8.65. The summed E-state index contributed by atoms with van der Waals surface area (Å²) in [7, 11) is 0. The summed E-state index contributed by atoms with van der Waals surface area (Å²) >= 11 is 7.11. The van der Waals surface area contributed by atoms with Crippen molar-refractivity contribution in [1.82, 2.24) is 9.55 Å². The van der Waals surface area contributed by atoms with Crippen LogP contribution in [-0.2, 0) is 11.4 Å². The van der Waals surface area contributed by atoms with Gasteiger partial charge in [-0.3, -0.25) is 4.98 Å². The molecule has 1 unspecified atom stereocenters. The van der Waals surface area contributed by atoms with Gasteiger partial charge in [-0.25, -0.2) is 0 Å². The van der Waals surface area contributed by atoms with Gasteiger partial charge in [0.15, 0.2) is 11.4 Å². The highest BCUT2D eigenvalue weighted by Crippen LogP contribution is 2.33. The van der Waals surface area contributed by atoms with Crippen LogP contribution in [0.3, 0.4) is 0 Å². The number of halogens is 2. The molecule has 0 aliphatic carbocycles. The standard InChI is InChI=1S/C20H16Br2N4O2/c21-13-3-5-19-17(8-13)18-9-14(22)4-6-20(18)26(19)12-16(28-25-27)11-24-15-2-1-7-23-10-15/h1-10,16,24H,11-12H2. The Morgan fingerprint density at radius 3 is 2.32 bits per heavy atom. The molecule has 0 saturated heterocycles. The van der Waals surface area contributed by atoms with Crippen LogP contribution >= 0.6 is 31.9 Å². The van der Waals surface area contributed by atoms with Gasteiger partial charge in [-0.2, -0.15) is 0 Å². The van der Waals surface area contributed by atoms with Crippen LogP contribution in [0.15, 0.2) is 75.2 Å². The van der Waals surface area contributed by atoms with Crippen LogP contribution < -0.4 is 5.32 Å². The topological polar surface area (TPSA) is 68.5 Å². The fourth-order valence-corrected chi connectivity index (χ4v) is 4.07. The van der Waals surface area contributed by atoms with E-state index >= 15 is 0 Å². The molecule has 2 aromatic carbocycles. The van der Waals surface area contributed by atoms with Gasteiger partial charge in [0.25, 0.3) is 0 Å². The Bertz CT molecular complexity index is 1070. The van der Waals surface area contributed by atoms with E-state index in [2.05, 4.69) is 76.3 Å². The van der Waals surface area contributed by atoms with Crippen LogP contribution in [0.4, 0.5) is 5.69 Å². The van der Waals surface area contributed by atoms with E-state index in [1.807, 2.05) is 24.3 Å². The normalized spacial score (nSPS) is 12.2. The van der Waals surface area contributed by atoms with Crippen LogP contribution in [-0.4, -0.2) is 22.2 Å². The zero-order valence-electron chi connectivity index (χ0n) is 14.7. The summed E-state index contributed by atoms with van der Waals surface area (Å²) < 4.78 is 4.18. The molecule has 2 heterocycles. The molecular formula is C20H16Br2N4O2. The lowest BCUT2D eigenvalue weighted by molar-refractivity contribution is 0.0537. The molecule has 4 rings (SSSR count). The van der Waals surface area contributed by atoms with E-state index < -0.39 is 6.10 Å². The second-order valence-corrected chi connectivity index (χ2v) is 8.19. The molecule has 4 aromatic rings. The van der Waals surface area contributed by atoms with Crippen LogP contribution in [0.25, 0.3) is 21.8 Å². The van der Waals surface area contributed by atoms with Crippen molar-refractivity contribution in [2.24, 2.45) is 5.34 Å². The van der Waals surface area contributed by atoms with Gasteiger partial charge >= 0.3 is 0 Å². The van der Waals surface area contributed by atoms with Crippen molar-refractivity contribution in [3.8, 4) is 0 Å². The van der Waals surface area contributed by atoms with E-state index in [4.69, 9.17) is 4.84 Å². The van der Waals surface area contributed by atoms with Gasteiger partial charge in [-0.1, -0.05) is 31.9 Å². The van der Waals surface area contributed by atoms with Crippen molar-refractivity contribution in [2.75, 3.05) is 11.9 Å². The molecule has 1 atom stereocenters. The van der Waals surface area contributed by atoms with Crippen LogP contribution in [0.2, 0.25) is 0 Å². The lowest BCUT2D eigenvalue weighted by atomic mass is 10.2. The summed E-state index contributed by atoms with van der Waals surface area (Å²) in [5.74, 6) is 0. The maximum Gasteiger partial charge on any atom is 0.165 e. The molecule has 1 N–H and O–H groups in total. The Balaban J connectivity index is 1.70. The molecule has 0 saturated carbocycles. The zero-order valence-corrected chi connectivity index (χ0v) is 17.9. The third kappa shape index (κ3) is 3.88. The number of rotatable bonds is 7. The van der Waals surface area contributed by atoms with Crippen LogP contribution in [0, 0.1) is 4.91 Å². The molecule has 142 valence electrons. The predicted molar refractivity (Wildman–Crippen MR) is 118 cm³/mol. The minimum atomic E-state index is -0.441. The summed E-state index contributed by atoms with van der Waals surface area (Å²) in [6.45, 7) is 0.897. The number of hydrogen-bond acceptors (Lipinski definition) is 5. The Kier molecular flexibility index (Phi) is 5.59. The van der Waals surface area contributed by atoms with Crippen molar-refractivity contribution in [3.63, 3.8) is 0 Å². The van der Waals surface area contributed by atoms with Gasteiger partial charge in [0.1, 0.15) is 0 Å². The van der Waals surface area contributed by atoms with Gasteiger partial charge in [0, 0.05) is 43.1 Å². The molecule has 0 bridgehead atoms.